The summed E-state index contributed by atoms with van der Waals surface area (Å²) in [6, 6.07) is 6.60. The lowest BCUT2D eigenvalue weighted by Gasteiger charge is -2.07. The largest absolute Gasteiger partial charge is 0.490 e. The molecule has 3 nitrogen and oxygen atoms in total. The number of amidine groups is 1. The molecule has 0 spiro atoms. The van der Waals surface area contributed by atoms with E-state index in [0.717, 1.165) is 6.42 Å². The first-order valence-corrected chi connectivity index (χ1v) is 6.95. The standard InChI is InChI=1S/C13H19FN2OS/c1-3-10(2)16-13(15)18-9-8-17-12-7-5-4-6-11(12)14/h4-7,10H,3,8-9H2,1-2H3,(H2,15,16)/t10-/m0/s1. The molecule has 18 heavy (non-hydrogen) atoms. The molecule has 1 aromatic carbocycles. The van der Waals surface area contributed by atoms with Gasteiger partial charge in [-0.2, -0.15) is 0 Å². The number of nitrogens with zero attached hydrogens (tertiary/aromatic N) is 1. The summed E-state index contributed by atoms with van der Waals surface area (Å²) in [6.45, 7) is 4.49. The van der Waals surface area contributed by atoms with Gasteiger partial charge in [0.1, 0.15) is 0 Å². The predicted octanol–water partition coefficient (Wildman–Crippen LogP) is 3.05. The van der Waals surface area contributed by atoms with Gasteiger partial charge in [0.05, 0.1) is 6.61 Å². The molecule has 0 aliphatic rings. The molecule has 0 bridgehead atoms. The fraction of sp³-hybridized carbons (Fsp3) is 0.462. The van der Waals surface area contributed by atoms with Crippen LogP contribution in [0.3, 0.4) is 0 Å². The fourth-order valence-corrected chi connectivity index (χ4v) is 1.84. The summed E-state index contributed by atoms with van der Waals surface area (Å²) >= 11 is 1.43. The number of hydrogen-bond donors (Lipinski definition) is 1. The van der Waals surface area contributed by atoms with Gasteiger partial charge in [0, 0.05) is 11.8 Å². The maximum atomic E-state index is 13.2. The van der Waals surface area contributed by atoms with Gasteiger partial charge in [0.15, 0.2) is 16.7 Å². The normalized spacial score (nSPS) is 13.4. The summed E-state index contributed by atoms with van der Waals surface area (Å²) < 4.78 is 18.5. The van der Waals surface area contributed by atoms with Crippen molar-refractivity contribution in [2.75, 3.05) is 12.4 Å². The molecular formula is C13H19FN2OS. The number of aliphatic imine (C=N–C) groups is 1. The van der Waals surface area contributed by atoms with E-state index in [1.807, 2.05) is 6.92 Å². The van der Waals surface area contributed by atoms with Crippen LogP contribution in [0.5, 0.6) is 5.75 Å². The van der Waals surface area contributed by atoms with Crippen LogP contribution in [-0.2, 0) is 0 Å². The molecule has 1 atom stereocenters. The Kier molecular flexibility index (Phi) is 6.57. The molecule has 5 heteroatoms. The van der Waals surface area contributed by atoms with E-state index in [2.05, 4.69) is 11.9 Å². The van der Waals surface area contributed by atoms with Crippen LogP contribution >= 0.6 is 11.8 Å². The Labute approximate surface area is 112 Å². The SMILES string of the molecule is CC[C@H](C)N=C(N)SCCOc1ccccc1F. The number of nitrogens with two attached hydrogens (primary N) is 1. The average Bonchev–Trinajstić information content (AvgIpc) is 2.36. The van der Waals surface area contributed by atoms with Crippen molar-refractivity contribution >= 4 is 16.9 Å². The highest BCUT2D eigenvalue weighted by Crippen LogP contribution is 2.15. The van der Waals surface area contributed by atoms with Gasteiger partial charge in [-0.15, -0.1) is 0 Å². The lowest BCUT2D eigenvalue weighted by Crippen LogP contribution is -2.13. The van der Waals surface area contributed by atoms with Crippen LogP contribution in [0.2, 0.25) is 0 Å². The van der Waals surface area contributed by atoms with Crippen LogP contribution in [0.1, 0.15) is 20.3 Å². The molecular weight excluding hydrogens is 251 g/mol. The van der Waals surface area contributed by atoms with Crippen molar-refractivity contribution in [2.45, 2.75) is 26.3 Å². The van der Waals surface area contributed by atoms with E-state index in [4.69, 9.17) is 10.5 Å². The Morgan fingerprint density at radius 3 is 2.89 bits per heavy atom. The molecule has 0 fully saturated rings. The van der Waals surface area contributed by atoms with Crippen LogP contribution in [-0.4, -0.2) is 23.6 Å². The van der Waals surface area contributed by atoms with Gasteiger partial charge in [0.25, 0.3) is 0 Å². The van der Waals surface area contributed by atoms with Crippen molar-refractivity contribution in [3.05, 3.63) is 30.1 Å². The topological polar surface area (TPSA) is 47.6 Å². The number of rotatable bonds is 6. The first-order valence-electron chi connectivity index (χ1n) is 5.97. The quantitative estimate of drug-likeness (QED) is 0.491. The number of benzene rings is 1. The maximum Gasteiger partial charge on any atom is 0.165 e. The molecule has 0 aromatic heterocycles. The smallest absolute Gasteiger partial charge is 0.165 e. The van der Waals surface area contributed by atoms with E-state index in [1.165, 1.54) is 17.8 Å². The zero-order chi connectivity index (χ0) is 13.4. The molecule has 0 saturated carbocycles. The number of para-hydroxylation sites is 1. The van der Waals surface area contributed by atoms with Crippen LogP contribution in [0, 0.1) is 5.82 Å². The lowest BCUT2D eigenvalue weighted by molar-refractivity contribution is 0.325. The van der Waals surface area contributed by atoms with Crippen molar-refractivity contribution < 1.29 is 9.13 Å². The zero-order valence-electron chi connectivity index (χ0n) is 10.7. The van der Waals surface area contributed by atoms with Gasteiger partial charge in [-0.1, -0.05) is 30.8 Å². The molecule has 0 aliphatic heterocycles. The minimum absolute atomic E-state index is 0.241. The third kappa shape index (κ3) is 5.40. The maximum absolute atomic E-state index is 13.2. The van der Waals surface area contributed by atoms with Crippen LogP contribution in [0.15, 0.2) is 29.3 Å². The van der Waals surface area contributed by atoms with Gasteiger partial charge in [0.2, 0.25) is 0 Å². The van der Waals surface area contributed by atoms with E-state index >= 15 is 0 Å². The van der Waals surface area contributed by atoms with Gasteiger partial charge < -0.3 is 10.5 Å². The summed E-state index contributed by atoms with van der Waals surface area (Å²) in [5.41, 5.74) is 5.74. The Morgan fingerprint density at radius 1 is 1.50 bits per heavy atom. The Bertz CT molecular complexity index is 398. The first kappa shape index (κ1) is 14.8. The fourth-order valence-electron chi connectivity index (χ4n) is 1.21. The molecule has 0 heterocycles. The van der Waals surface area contributed by atoms with Crippen LogP contribution in [0.25, 0.3) is 0 Å². The first-order chi connectivity index (χ1) is 8.63. The Morgan fingerprint density at radius 2 is 2.22 bits per heavy atom. The Balaban J connectivity index is 2.27. The van der Waals surface area contributed by atoms with Gasteiger partial charge in [-0.05, 0) is 25.5 Å². The average molecular weight is 270 g/mol. The van der Waals surface area contributed by atoms with Crippen molar-refractivity contribution in [1.29, 1.82) is 0 Å². The van der Waals surface area contributed by atoms with Crippen molar-refractivity contribution in [3.63, 3.8) is 0 Å². The second-order valence-electron chi connectivity index (χ2n) is 3.85. The van der Waals surface area contributed by atoms with Crippen molar-refractivity contribution in [3.8, 4) is 5.75 Å². The second-order valence-corrected chi connectivity index (χ2v) is 4.97. The predicted molar refractivity (Wildman–Crippen MR) is 75.7 cm³/mol. The van der Waals surface area contributed by atoms with E-state index in [1.54, 1.807) is 18.2 Å². The molecule has 0 unspecified atom stereocenters. The number of thioether (sulfide) groups is 1. The molecule has 1 aromatic rings. The van der Waals surface area contributed by atoms with Gasteiger partial charge >= 0.3 is 0 Å². The highest BCUT2D eigenvalue weighted by Gasteiger charge is 2.02. The monoisotopic (exact) mass is 270 g/mol. The third-order valence-corrected chi connectivity index (χ3v) is 3.14. The molecule has 0 radical (unpaired) electrons. The van der Waals surface area contributed by atoms with E-state index in [0.29, 0.717) is 17.5 Å². The van der Waals surface area contributed by atoms with E-state index < -0.39 is 0 Å². The third-order valence-electron chi connectivity index (χ3n) is 2.37. The molecule has 0 aliphatic carbocycles. The van der Waals surface area contributed by atoms with E-state index in [9.17, 15) is 4.39 Å². The Hall–Kier alpha value is -1.23. The minimum Gasteiger partial charge on any atom is -0.490 e. The zero-order valence-corrected chi connectivity index (χ0v) is 11.5. The lowest BCUT2D eigenvalue weighted by atomic mass is 10.3. The number of hydrogen-bond acceptors (Lipinski definition) is 3. The highest BCUT2D eigenvalue weighted by molar-refractivity contribution is 8.13. The second kappa shape index (κ2) is 7.97. The van der Waals surface area contributed by atoms with Crippen LogP contribution < -0.4 is 10.5 Å². The van der Waals surface area contributed by atoms with Crippen LogP contribution in [0.4, 0.5) is 4.39 Å². The highest BCUT2D eigenvalue weighted by atomic mass is 32.2. The minimum atomic E-state index is -0.344. The molecule has 0 saturated heterocycles. The number of ether oxygens (including phenoxy) is 1. The molecule has 100 valence electrons. The van der Waals surface area contributed by atoms with Gasteiger partial charge in [-0.25, -0.2) is 4.39 Å². The summed E-state index contributed by atoms with van der Waals surface area (Å²) in [7, 11) is 0. The van der Waals surface area contributed by atoms with Crippen molar-refractivity contribution in [1.82, 2.24) is 0 Å². The molecule has 1 rings (SSSR count). The summed E-state index contributed by atoms with van der Waals surface area (Å²) in [5, 5.41) is 0.557. The van der Waals surface area contributed by atoms with Crippen molar-refractivity contribution in [2.24, 2.45) is 10.7 Å². The van der Waals surface area contributed by atoms with Gasteiger partial charge in [-0.3, -0.25) is 4.99 Å². The molecule has 0 amide bonds. The summed E-state index contributed by atoms with van der Waals surface area (Å²) in [6.07, 6.45) is 0.965. The van der Waals surface area contributed by atoms with E-state index in [-0.39, 0.29) is 17.6 Å². The summed E-state index contributed by atoms with van der Waals surface area (Å²) in [4.78, 5) is 4.29. The number of halogens is 1. The molecule has 2 N–H and O–H groups in total. The summed E-state index contributed by atoms with van der Waals surface area (Å²) in [5.74, 6) is 0.583.